The number of alkyl halides is 1. The summed E-state index contributed by atoms with van der Waals surface area (Å²) in [6.07, 6.45) is 0.181. The lowest BCUT2D eigenvalue weighted by molar-refractivity contribution is 0.108. The van der Waals surface area contributed by atoms with Crippen LogP contribution < -0.4 is 0 Å². The molecule has 60 valence electrons. The summed E-state index contributed by atoms with van der Waals surface area (Å²) in [7, 11) is 0. The van der Waals surface area contributed by atoms with Gasteiger partial charge in [0.2, 0.25) is 0 Å². The minimum atomic E-state index is -0.580. The average Bonchev–Trinajstić information content (AvgIpc) is 1.85. The van der Waals surface area contributed by atoms with E-state index < -0.39 is 6.17 Å². The van der Waals surface area contributed by atoms with E-state index in [1.807, 2.05) is 0 Å². The Morgan fingerprint density at radius 1 is 1.50 bits per heavy atom. The molecule has 1 saturated heterocycles. The van der Waals surface area contributed by atoms with E-state index >= 15 is 0 Å². The summed E-state index contributed by atoms with van der Waals surface area (Å²) in [5.41, 5.74) is 0. The Kier molecular flexibility index (Phi) is 2.66. The summed E-state index contributed by atoms with van der Waals surface area (Å²) >= 11 is 0. The summed E-state index contributed by atoms with van der Waals surface area (Å²) < 4.78 is 12.8. The Labute approximate surface area is 62.2 Å². The Hall–Kier alpha value is -0.110. The summed E-state index contributed by atoms with van der Waals surface area (Å²) in [5, 5.41) is 0. The van der Waals surface area contributed by atoms with Crippen LogP contribution in [0.15, 0.2) is 0 Å². The van der Waals surface area contributed by atoms with Gasteiger partial charge in [0.05, 0.1) is 0 Å². The standard InChI is InChI=1S/C8H16FN/c1-3-10-5-7(2)4-8(9)6-10/h7-8H,3-6H2,1-2H3/t7-,8-/m0/s1. The van der Waals surface area contributed by atoms with Crippen molar-refractivity contribution in [2.45, 2.75) is 26.4 Å². The molecule has 0 bridgehead atoms. The number of hydrogen-bond donors (Lipinski definition) is 0. The molecule has 0 radical (unpaired) electrons. The molecule has 2 atom stereocenters. The summed E-state index contributed by atoms with van der Waals surface area (Å²) in [6, 6.07) is 0. The molecule has 0 unspecified atom stereocenters. The van der Waals surface area contributed by atoms with Crippen molar-refractivity contribution in [1.82, 2.24) is 4.90 Å². The lowest BCUT2D eigenvalue weighted by Gasteiger charge is -2.31. The lowest BCUT2D eigenvalue weighted by Crippen LogP contribution is -2.40. The van der Waals surface area contributed by atoms with Gasteiger partial charge in [-0.1, -0.05) is 13.8 Å². The van der Waals surface area contributed by atoms with Gasteiger partial charge in [0.15, 0.2) is 0 Å². The molecule has 1 nitrogen and oxygen atoms in total. The van der Waals surface area contributed by atoms with E-state index in [-0.39, 0.29) is 0 Å². The number of halogens is 1. The minimum absolute atomic E-state index is 0.545. The number of piperidine rings is 1. The third-order valence-electron chi connectivity index (χ3n) is 2.13. The number of hydrogen-bond acceptors (Lipinski definition) is 1. The molecule has 2 heteroatoms. The van der Waals surface area contributed by atoms with Gasteiger partial charge in [0.1, 0.15) is 6.17 Å². The van der Waals surface area contributed by atoms with Crippen molar-refractivity contribution in [1.29, 1.82) is 0 Å². The van der Waals surface area contributed by atoms with Crippen LogP contribution in [0.2, 0.25) is 0 Å². The van der Waals surface area contributed by atoms with E-state index in [4.69, 9.17) is 0 Å². The fourth-order valence-electron chi connectivity index (χ4n) is 1.64. The maximum atomic E-state index is 12.8. The zero-order valence-corrected chi connectivity index (χ0v) is 6.81. The van der Waals surface area contributed by atoms with Crippen LogP contribution in [-0.2, 0) is 0 Å². The van der Waals surface area contributed by atoms with Crippen molar-refractivity contribution in [2.75, 3.05) is 19.6 Å². The van der Waals surface area contributed by atoms with Crippen LogP contribution in [0.5, 0.6) is 0 Å². The molecule has 0 aliphatic carbocycles. The van der Waals surface area contributed by atoms with E-state index in [9.17, 15) is 4.39 Å². The molecule has 1 aliphatic heterocycles. The second-order valence-electron chi connectivity index (χ2n) is 3.29. The highest BCUT2D eigenvalue weighted by Crippen LogP contribution is 2.17. The highest BCUT2D eigenvalue weighted by atomic mass is 19.1. The molecule has 0 spiro atoms. The number of rotatable bonds is 1. The topological polar surface area (TPSA) is 3.24 Å². The molecule has 0 aromatic carbocycles. The molecule has 0 saturated carbocycles. The normalized spacial score (nSPS) is 36.3. The molecule has 1 aliphatic rings. The van der Waals surface area contributed by atoms with Gasteiger partial charge in [0.25, 0.3) is 0 Å². The van der Waals surface area contributed by atoms with Crippen LogP contribution in [0.25, 0.3) is 0 Å². The molecular weight excluding hydrogens is 129 g/mol. The van der Waals surface area contributed by atoms with Gasteiger partial charge in [0, 0.05) is 13.1 Å². The highest BCUT2D eigenvalue weighted by Gasteiger charge is 2.22. The largest absolute Gasteiger partial charge is 0.300 e. The Morgan fingerprint density at radius 2 is 2.20 bits per heavy atom. The van der Waals surface area contributed by atoms with E-state index in [1.165, 1.54) is 0 Å². The lowest BCUT2D eigenvalue weighted by atomic mass is 9.99. The van der Waals surface area contributed by atoms with Crippen LogP contribution in [-0.4, -0.2) is 30.7 Å². The van der Waals surface area contributed by atoms with Crippen molar-refractivity contribution in [2.24, 2.45) is 5.92 Å². The maximum absolute atomic E-state index is 12.8. The molecule has 0 aromatic rings. The predicted molar refractivity (Wildman–Crippen MR) is 40.8 cm³/mol. The fourth-order valence-corrected chi connectivity index (χ4v) is 1.64. The third kappa shape index (κ3) is 1.94. The van der Waals surface area contributed by atoms with Crippen LogP contribution in [0.1, 0.15) is 20.3 Å². The maximum Gasteiger partial charge on any atom is 0.113 e. The Morgan fingerprint density at radius 3 is 2.70 bits per heavy atom. The predicted octanol–water partition coefficient (Wildman–Crippen LogP) is 1.69. The smallest absolute Gasteiger partial charge is 0.113 e. The summed E-state index contributed by atoms with van der Waals surface area (Å²) in [6.45, 7) is 6.93. The first-order valence-corrected chi connectivity index (χ1v) is 4.08. The van der Waals surface area contributed by atoms with E-state index in [0.29, 0.717) is 12.5 Å². The van der Waals surface area contributed by atoms with Crippen LogP contribution in [0.3, 0.4) is 0 Å². The van der Waals surface area contributed by atoms with Crippen LogP contribution >= 0.6 is 0 Å². The molecule has 1 rings (SSSR count). The molecule has 10 heavy (non-hydrogen) atoms. The Bertz CT molecular complexity index is 95.4. The van der Waals surface area contributed by atoms with Crippen molar-refractivity contribution < 1.29 is 4.39 Å². The first kappa shape index (κ1) is 7.99. The van der Waals surface area contributed by atoms with Crippen LogP contribution in [0, 0.1) is 5.92 Å². The zero-order valence-electron chi connectivity index (χ0n) is 6.81. The van der Waals surface area contributed by atoms with Crippen molar-refractivity contribution >= 4 is 0 Å². The van der Waals surface area contributed by atoms with Crippen molar-refractivity contribution in [3.8, 4) is 0 Å². The molecule has 1 heterocycles. The second kappa shape index (κ2) is 3.33. The monoisotopic (exact) mass is 145 g/mol. The number of nitrogens with zero attached hydrogens (tertiary/aromatic N) is 1. The highest BCUT2D eigenvalue weighted by molar-refractivity contribution is 4.75. The quantitative estimate of drug-likeness (QED) is 0.542. The minimum Gasteiger partial charge on any atom is -0.300 e. The summed E-state index contributed by atoms with van der Waals surface area (Å²) in [4.78, 5) is 2.18. The molecule has 0 aromatic heterocycles. The first-order chi connectivity index (χ1) is 4.72. The zero-order chi connectivity index (χ0) is 7.56. The van der Waals surface area contributed by atoms with Gasteiger partial charge in [-0.3, -0.25) is 0 Å². The van der Waals surface area contributed by atoms with Crippen molar-refractivity contribution in [3.05, 3.63) is 0 Å². The average molecular weight is 145 g/mol. The van der Waals surface area contributed by atoms with E-state index in [0.717, 1.165) is 19.5 Å². The molecule has 1 fully saturated rings. The third-order valence-corrected chi connectivity index (χ3v) is 2.13. The van der Waals surface area contributed by atoms with E-state index in [2.05, 4.69) is 18.7 Å². The summed E-state index contributed by atoms with van der Waals surface area (Å²) in [5.74, 6) is 0.545. The SMILES string of the molecule is CCN1C[C@@H](C)C[C@H](F)C1. The Balaban J connectivity index is 2.35. The molecular formula is C8H16FN. The van der Waals surface area contributed by atoms with Crippen molar-refractivity contribution in [3.63, 3.8) is 0 Å². The number of likely N-dealkylation sites (tertiary alicyclic amines) is 1. The van der Waals surface area contributed by atoms with Gasteiger partial charge in [-0.2, -0.15) is 0 Å². The van der Waals surface area contributed by atoms with Gasteiger partial charge in [-0.25, -0.2) is 4.39 Å². The first-order valence-electron chi connectivity index (χ1n) is 4.08. The van der Waals surface area contributed by atoms with Gasteiger partial charge < -0.3 is 4.90 Å². The van der Waals surface area contributed by atoms with E-state index in [1.54, 1.807) is 0 Å². The second-order valence-corrected chi connectivity index (χ2v) is 3.29. The van der Waals surface area contributed by atoms with Gasteiger partial charge in [-0.15, -0.1) is 0 Å². The van der Waals surface area contributed by atoms with Gasteiger partial charge >= 0.3 is 0 Å². The molecule has 0 N–H and O–H groups in total. The van der Waals surface area contributed by atoms with Crippen LogP contribution in [0.4, 0.5) is 4.39 Å². The fraction of sp³-hybridized carbons (Fsp3) is 1.00. The molecule has 0 amide bonds. The van der Waals surface area contributed by atoms with Gasteiger partial charge in [-0.05, 0) is 18.9 Å².